The molecule has 0 bridgehead atoms. The van der Waals surface area contributed by atoms with E-state index in [4.69, 9.17) is 4.74 Å². The summed E-state index contributed by atoms with van der Waals surface area (Å²) in [5.41, 5.74) is 3.13. The minimum absolute atomic E-state index is 0.0465. The van der Waals surface area contributed by atoms with Crippen molar-refractivity contribution in [1.82, 2.24) is 0 Å². The minimum Gasteiger partial charge on any atom is -0.402 e. The third kappa shape index (κ3) is 3.18. The van der Waals surface area contributed by atoms with Gasteiger partial charge < -0.3 is 4.74 Å². The summed E-state index contributed by atoms with van der Waals surface area (Å²) < 4.78 is 31.3. The maximum Gasteiger partial charge on any atom is 0.363 e. The summed E-state index contributed by atoms with van der Waals surface area (Å²) in [6.07, 6.45) is 1.36. The molecule has 0 aromatic heterocycles. The van der Waals surface area contributed by atoms with Crippen LogP contribution in [0.3, 0.4) is 0 Å². The number of benzene rings is 2. The molecule has 1 heterocycles. The third-order valence-corrected chi connectivity index (χ3v) is 3.34. The largest absolute Gasteiger partial charge is 0.402 e. The van der Waals surface area contributed by atoms with Crippen molar-refractivity contribution in [2.45, 2.75) is 13.8 Å². The fourth-order valence-corrected chi connectivity index (χ4v) is 2.39. The summed E-state index contributed by atoms with van der Waals surface area (Å²) >= 11 is 0. The van der Waals surface area contributed by atoms with Crippen molar-refractivity contribution in [3.8, 4) is 0 Å². The number of carbonyl (C=O) groups is 1. The lowest BCUT2D eigenvalue weighted by atomic mass is 10.1. The lowest BCUT2D eigenvalue weighted by molar-refractivity contribution is -0.129. The lowest BCUT2D eigenvalue weighted by Gasteiger charge is -2.03. The molecular formula is C18H13F2NO2. The van der Waals surface area contributed by atoms with E-state index in [1.165, 1.54) is 12.1 Å². The van der Waals surface area contributed by atoms with Crippen LogP contribution in [0, 0.1) is 25.5 Å². The van der Waals surface area contributed by atoms with Crippen LogP contribution in [0.25, 0.3) is 6.08 Å². The van der Waals surface area contributed by atoms with Crippen LogP contribution >= 0.6 is 0 Å². The van der Waals surface area contributed by atoms with Gasteiger partial charge in [-0.15, -0.1) is 0 Å². The summed E-state index contributed by atoms with van der Waals surface area (Å²) in [6, 6.07) is 9.08. The second kappa shape index (κ2) is 5.76. The Morgan fingerprint density at radius 1 is 1.00 bits per heavy atom. The molecule has 0 atom stereocenters. The van der Waals surface area contributed by atoms with Crippen molar-refractivity contribution in [1.29, 1.82) is 0 Å². The van der Waals surface area contributed by atoms with Gasteiger partial charge in [-0.1, -0.05) is 23.3 Å². The van der Waals surface area contributed by atoms with E-state index in [0.717, 1.165) is 23.3 Å². The summed E-state index contributed by atoms with van der Waals surface area (Å²) in [7, 11) is 0. The number of carbonyl (C=O) groups excluding carboxylic acids is 1. The van der Waals surface area contributed by atoms with Gasteiger partial charge in [0.1, 0.15) is 0 Å². The zero-order chi connectivity index (χ0) is 16.6. The van der Waals surface area contributed by atoms with Crippen molar-refractivity contribution in [3.63, 3.8) is 0 Å². The van der Waals surface area contributed by atoms with Crippen LogP contribution in [-0.2, 0) is 9.53 Å². The monoisotopic (exact) mass is 313 g/mol. The van der Waals surface area contributed by atoms with Crippen LogP contribution in [-0.4, -0.2) is 11.9 Å². The highest BCUT2D eigenvalue weighted by molar-refractivity contribution is 6.12. The molecule has 2 aromatic carbocycles. The summed E-state index contributed by atoms with van der Waals surface area (Å²) in [4.78, 5) is 16.1. The van der Waals surface area contributed by atoms with Gasteiger partial charge >= 0.3 is 5.97 Å². The Bertz CT molecular complexity index is 849. The molecule has 0 saturated carbocycles. The van der Waals surface area contributed by atoms with Gasteiger partial charge in [0.15, 0.2) is 17.3 Å². The van der Waals surface area contributed by atoms with E-state index in [-0.39, 0.29) is 11.6 Å². The Hall–Kier alpha value is -2.82. The Balaban J connectivity index is 1.97. The molecule has 5 heteroatoms. The van der Waals surface area contributed by atoms with Gasteiger partial charge in [-0.2, -0.15) is 0 Å². The highest BCUT2D eigenvalue weighted by atomic mass is 19.2. The average Bonchev–Trinajstić information content (AvgIpc) is 2.83. The number of rotatable bonds is 2. The minimum atomic E-state index is -0.982. The lowest BCUT2D eigenvalue weighted by Crippen LogP contribution is -2.06. The molecule has 0 aliphatic carbocycles. The number of aliphatic imine (C=N–C) groups is 1. The third-order valence-electron chi connectivity index (χ3n) is 3.34. The summed E-state index contributed by atoms with van der Waals surface area (Å²) in [6.45, 7) is 3.87. The van der Waals surface area contributed by atoms with E-state index >= 15 is 0 Å². The molecule has 0 unspecified atom stereocenters. The number of nitrogens with zero attached hydrogens (tertiary/aromatic N) is 1. The molecule has 0 fully saturated rings. The molecule has 0 saturated heterocycles. The number of esters is 1. The zero-order valence-electron chi connectivity index (χ0n) is 12.6. The smallest absolute Gasteiger partial charge is 0.363 e. The SMILES string of the molecule is Cc1cc(C)cc(C2=N/C(=C\c3ccc(F)c(F)c3)C(=O)O2)c1. The Labute approximate surface area is 131 Å². The maximum atomic E-state index is 13.2. The second-order valence-corrected chi connectivity index (χ2v) is 5.39. The van der Waals surface area contributed by atoms with E-state index in [0.29, 0.717) is 11.1 Å². The predicted molar refractivity (Wildman–Crippen MR) is 82.9 cm³/mol. The molecule has 0 radical (unpaired) electrons. The van der Waals surface area contributed by atoms with Gasteiger partial charge in [-0.05, 0) is 49.8 Å². The fraction of sp³-hybridized carbons (Fsp3) is 0.111. The second-order valence-electron chi connectivity index (χ2n) is 5.39. The van der Waals surface area contributed by atoms with Crippen LogP contribution in [0.2, 0.25) is 0 Å². The molecule has 0 spiro atoms. The van der Waals surface area contributed by atoms with Gasteiger partial charge in [0, 0.05) is 5.56 Å². The zero-order valence-corrected chi connectivity index (χ0v) is 12.6. The van der Waals surface area contributed by atoms with Gasteiger partial charge in [-0.25, -0.2) is 18.6 Å². The van der Waals surface area contributed by atoms with Crippen LogP contribution in [0.5, 0.6) is 0 Å². The molecule has 23 heavy (non-hydrogen) atoms. The molecule has 0 N–H and O–H groups in total. The first-order valence-electron chi connectivity index (χ1n) is 6.98. The van der Waals surface area contributed by atoms with Crippen LogP contribution < -0.4 is 0 Å². The quantitative estimate of drug-likeness (QED) is 0.622. The van der Waals surface area contributed by atoms with E-state index in [1.54, 1.807) is 0 Å². The molecular weight excluding hydrogens is 300 g/mol. The fourth-order valence-electron chi connectivity index (χ4n) is 2.39. The molecule has 3 rings (SSSR count). The van der Waals surface area contributed by atoms with Gasteiger partial charge in [0.05, 0.1) is 0 Å². The number of hydrogen-bond acceptors (Lipinski definition) is 3. The first-order chi connectivity index (χ1) is 10.9. The summed E-state index contributed by atoms with van der Waals surface area (Å²) in [5, 5.41) is 0. The summed E-state index contributed by atoms with van der Waals surface area (Å²) in [5.74, 6) is -2.34. The number of ether oxygens (including phenoxy) is 1. The molecule has 1 aliphatic rings. The van der Waals surface area contributed by atoms with Crippen LogP contribution in [0.1, 0.15) is 22.3 Å². The normalized spacial score (nSPS) is 15.7. The number of aryl methyl sites for hydroxylation is 2. The first kappa shape index (κ1) is 15.1. The van der Waals surface area contributed by atoms with Crippen LogP contribution in [0.15, 0.2) is 47.1 Å². The number of halogens is 2. The molecule has 0 amide bonds. The Morgan fingerprint density at radius 2 is 1.70 bits per heavy atom. The van der Waals surface area contributed by atoms with Crippen molar-refractivity contribution in [2.24, 2.45) is 4.99 Å². The number of cyclic esters (lactones) is 1. The average molecular weight is 313 g/mol. The standard InChI is InChI=1S/C18H13F2NO2/c1-10-5-11(2)7-13(6-10)17-21-16(18(22)23-17)9-12-3-4-14(19)15(20)8-12/h3-9H,1-2H3/b16-9-. The molecule has 2 aromatic rings. The maximum absolute atomic E-state index is 13.2. The van der Waals surface area contributed by atoms with E-state index in [9.17, 15) is 13.6 Å². The molecule has 3 nitrogen and oxygen atoms in total. The van der Waals surface area contributed by atoms with Crippen LogP contribution in [0.4, 0.5) is 8.78 Å². The van der Waals surface area contributed by atoms with E-state index < -0.39 is 17.6 Å². The topological polar surface area (TPSA) is 38.7 Å². The van der Waals surface area contributed by atoms with Gasteiger partial charge in [0.25, 0.3) is 0 Å². The Morgan fingerprint density at radius 3 is 2.35 bits per heavy atom. The van der Waals surface area contributed by atoms with Crippen molar-refractivity contribution < 1.29 is 18.3 Å². The molecule has 116 valence electrons. The highest BCUT2D eigenvalue weighted by Gasteiger charge is 2.24. The highest BCUT2D eigenvalue weighted by Crippen LogP contribution is 2.21. The first-order valence-corrected chi connectivity index (χ1v) is 6.98. The van der Waals surface area contributed by atoms with Gasteiger partial charge in [-0.3, -0.25) is 0 Å². The van der Waals surface area contributed by atoms with E-state index in [2.05, 4.69) is 4.99 Å². The van der Waals surface area contributed by atoms with E-state index in [1.807, 2.05) is 32.0 Å². The number of hydrogen-bond donors (Lipinski definition) is 0. The molecule has 1 aliphatic heterocycles. The predicted octanol–water partition coefficient (Wildman–Crippen LogP) is 3.93. The Kier molecular flexibility index (Phi) is 3.78. The van der Waals surface area contributed by atoms with Crippen molar-refractivity contribution >= 4 is 17.9 Å². The van der Waals surface area contributed by atoms with Crippen molar-refractivity contribution in [3.05, 3.63) is 76.0 Å². The van der Waals surface area contributed by atoms with Gasteiger partial charge in [0.2, 0.25) is 5.90 Å². The van der Waals surface area contributed by atoms with Crippen molar-refractivity contribution in [2.75, 3.05) is 0 Å².